The average molecular weight is 259 g/mol. The number of likely N-dealkylation sites (N-methyl/N-ethyl adjacent to an activating group) is 1. The summed E-state index contributed by atoms with van der Waals surface area (Å²) in [6.07, 6.45) is 0.363. The Labute approximate surface area is 111 Å². The quantitative estimate of drug-likeness (QED) is 0.794. The van der Waals surface area contributed by atoms with Crippen molar-refractivity contribution in [1.29, 1.82) is 0 Å². The summed E-state index contributed by atoms with van der Waals surface area (Å²) in [5.74, 6) is -0.930. The molecule has 0 aromatic heterocycles. The second kappa shape index (κ2) is 5.82. The predicted molar refractivity (Wildman–Crippen MR) is 73.9 cm³/mol. The minimum Gasteiger partial charge on any atom is -0.634 e. The lowest BCUT2D eigenvalue weighted by Gasteiger charge is -2.27. The van der Waals surface area contributed by atoms with E-state index in [1.807, 2.05) is 42.5 Å². The largest absolute Gasteiger partial charge is 0.634 e. The maximum absolute atomic E-state index is 11.6. The number of carboxylic acid groups (broad SMARTS) is 1. The van der Waals surface area contributed by atoms with Gasteiger partial charge in [0.1, 0.15) is 6.04 Å². The van der Waals surface area contributed by atoms with Crippen LogP contribution in [0, 0.1) is 5.21 Å². The summed E-state index contributed by atoms with van der Waals surface area (Å²) in [5.41, 5.74) is 1.03. The fourth-order valence-corrected chi connectivity index (χ4v) is 2.31. The Morgan fingerprint density at radius 1 is 1.26 bits per heavy atom. The summed E-state index contributed by atoms with van der Waals surface area (Å²) in [6.45, 7) is 0. The number of fused-ring (bicyclic) bond motifs is 1. The fraction of sp³-hybridized carbons (Fsp3) is 0.267. The Morgan fingerprint density at radius 2 is 1.95 bits per heavy atom. The van der Waals surface area contributed by atoms with Crippen LogP contribution in [0.4, 0.5) is 0 Å². The summed E-state index contributed by atoms with van der Waals surface area (Å²) < 4.78 is 0. The number of carbonyl (C=O) groups is 1. The number of carboxylic acids is 1. The van der Waals surface area contributed by atoms with Gasteiger partial charge in [0.15, 0.2) is 0 Å². The second-order valence-corrected chi connectivity index (χ2v) is 4.75. The van der Waals surface area contributed by atoms with Gasteiger partial charge < -0.3 is 15.4 Å². The monoisotopic (exact) mass is 259 g/mol. The topological polar surface area (TPSA) is 64.8 Å². The van der Waals surface area contributed by atoms with Crippen molar-refractivity contribution in [2.45, 2.75) is 18.9 Å². The van der Waals surface area contributed by atoms with Crippen LogP contribution in [-0.4, -0.2) is 24.2 Å². The highest BCUT2D eigenvalue weighted by Crippen LogP contribution is 2.19. The molecule has 0 aliphatic heterocycles. The lowest BCUT2D eigenvalue weighted by Crippen LogP contribution is -3.08. The van der Waals surface area contributed by atoms with Crippen molar-refractivity contribution in [2.75, 3.05) is 7.05 Å². The molecule has 2 N–H and O–H groups in total. The molecule has 0 aliphatic carbocycles. The van der Waals surface area contributed by atoms with Gasteiger partial charge in [-0.15, -0.1) is 0 Å². The molecule has 0 aliphatic rings. The van der Waals surface area contributed by atoms with E-state index in [1.165, 1.54) is 7.05 Å². The SMILES string of the molecule is C[NH+]([O-])C(CC(=O)O)Cc1cccc2ccccc12. The molecule has 0 radical (unpaired) electrons. The highest BCUT2D eigenvalue weighted by atomic mass is 16.5. The third kappa shape index (κ3) is 3.30. The molecule has 2 atom stereocenters. The van der Waals surface area contributed by atoms with Gasteiger partial charge in [-0.05, 0) is 16.3 Å². The minimum absolute atomic E-state index is 0.0738. The summed E-state index contributed by atoms with van der Waals surface area (Å²) >= 11 is 0. The summed E-state index contributed by atoms with van der Waals surface area (Å²) in [5, 5.41) is 22.5. The zero-order valence-corrected chi connectivity index (χ0v) is 10.8. The number of hydrogen-bond donors (Lipinski definition) is 2. The van der Waals surface area contributed by atoms with Crippen LogP contribution in [0.1, 0.15) is 12.0 Å². The van der Waals surface area contributed by atoms with Crippen molar-refractivity contribution in [3.05, 3.63) is 53.2 Å². The van der Waals surface area contributed by atoms with Gasteiger partial charge in [-0.3, -0.25) is 4.79 Å². The van der Waals surface area contributed by atoms with Gasteiger partial charge in [0.25, 0.3) is 0 Å². The fourth-order valence-electron chi connectivity index (χ4n) is 2.31. The van der Waals surface area contributed by atoms with Crippen molar-refractivity contribution < 1.29 is 15.0 Å². The molecule has 0 amide bonds. The number of rotatable bonds is 5. The van der Waals surface area contributed by atoms with Gasteiger partial charge in [-0.2, -0.15) is 0 Å². The lowest BCUT2D eigenvalue weighted by atomic mass is 9.97. The van der Waals surface area contributed by atoms with Crippen molar-refractivity contribution in [3.63, 3.8) is 0 Å². The van der Waals surface area contributed by atoms with Gasteiger partial charge in [-0.25, -0.2) is 0 Å². The van der Waals surface area contributed by atoms with Crippen molar-refractivity contribution in [1.82, 2.24) is 0 Å². The van der Waals surface area contributed by atoms with Crippen LogP contribution in [0.2, 0.25) is 0 Å². The predicted octanol–water partition coefficient (Wildman–Crippen LogP) is 1.24. The van der Waals surface area contributed by atoms with Crippen molar-refractivity contribution in [2.24, 2.45) is 0 Å². The van der Waals surface area contributed by atoms with Gasteiger partial charge >= 0.3 is 5.97 Å². The average Bonchev–Trinajstić information content (AvgIpc) is 2.37. The Balaban J connectivity index is 2.31. The minimum atomic E-state index is -0.930. The Bertz CT molecular complexity index is 575. The van der Waals surface area contributed by atoms with Gasteiger partial charge in [-0.1, -0.05) is 42.5 Å². The van der Waals surface area contributed by atoms with Crippen molar-refractivity contribution >= 4 is 16.7 Å². The highest BCUT2D eigenvalue weighted by molar-refractivity contribution is 5.85. The van der Waals surface area contributed by atoms with E-state index < -0.39 is 12.0 Å². The van der Waals surface area contributed by atoms with E-state index in [9.17, 15) is 10.0 Å². The molecule has 0 spiro atoms. The van der Waals surface area contributed by atoms with Crippen LogP contribution < -0.4 is 5.06 Å². The second-order valence-electron chi connectivity index (χ2n) is 4.75. The normalized spacial score (nSPS) is 14.2. The first-order valence-corrected chi connectivity index (χ1v) is 6.27. The maximum Gasteiger partial charge on any atom is 0.309 e. The van der Waals surface area contributed by atoms with Gasteiger partial charge in [0.2, 0.25) is 0 Å². The summed E-state index contributed by atoms with van der Waals surface area (Å²) in [6, 6.07) is 13.4. The molecule has 2 aromatic carbocycles. The maximum atomic E-state index is 11.6. The molecular formula is C15H17NO3. The van der Waals surface area contributed by atoms with E-state index in [2.05, 4.69) is 0 Å². The third-order valence-corrected chi connectivity index (χ3v) is 3.34. The first-order valence-electron chi connectivity index (χ1n) is 6.27. The van der Waals surface area contributed by atoms with Crippen LogP contribution in [0.15, 0.2) is 42.5 Å². The Morgan fingerprint density at radius 3 is 2.63 bits per heavy atom. The molecule has 2 unspecified atom stereocenters. The molecule has 2 aromatic rings. The number of benzene rings is 2. The molecule has 19 heavy (non-hydrogen) atoms. The third-order valence-electron chi connectivity index (χ3n) is 3.34. The molecular weight excluding hydrogens is 242 g/mol. The van der Waals surface area contributed by atoms with Crippen LogP contribution in [-0.2, 0) is 11.2 Å². The first-order chi connectivity index (χ1) is 9.08. The van der Waals surface area contributed by atoms with Crippen LogP contribution in [0.3, 0.4) is 0 Å². The first kappa shape index (κ1) is 13.5. The Kier molecular flexibility index (Phi) is 4.14. The van der Waals surface area contributed by atoms with E-state index >= 15 is 0 Å². The van der Waals surface area contributed by atoms with E-state index in [4.69, 9.17) is 5.11 Å². The lowest BCUT2D eigenvalue weighted by molar-refractivity contribution is -0.853. The smallest absolute Gasteiger partial charge is 0.309 e. The molecule has 0 bridgehead atoms. The van der Waals surface area contributed by atoms with Gasteiger partial charge in [0, 0.05) is 6.42 Å². The molecule has 0 saturated heterocycles. The van der Waals surface area contributed by atoms with E-state index in [0.29, 0.717) is 6.42 Å². The van der Waals surface area contributed by atoms with Crippen LogP contribution in [0.25, 0.3) is 10.8 Å². The molecule has 0 fully saturated rings. The van der Waals surface area contributed by atoms with E-state index in [1.54, 1.807) is 0 Å². The van der Waals surface area contributed by atoms with Gasteiger partial charge in [0.05, 0.1) is 13.5 Å². The number of aliphatic carboxylic acids is 1. The number of quaternary nitrogens is 1. The van der Waals surface area contributed by atoms with E-state index in [0.717, 1.165) is 16.3 Å². The Hall–Kier alpha value is -1.91. The molecule has 4 heteroatoms. The van der Waals surface area contributed by atoms with Crippen molar-refractivity contribution in [3.8, 4) is 0 Å². The van der Waals surface area contributed by atoms with Crippen LogP contribution in [0.5, 0.6) is 0 Å². The standard InChI is InChI=1S/C15H17NO3/c1-16(19)13(10-15(17)18)9-12-7-4-6-11-5-2-3-8-14(11)12/h2-8,13,16H,9-10H2,1H3,(H,17,18). The zero-order chi connectivity index (χ0) is 13.8. The zero-order valence-electron chi connectivity index (χ0n) is 10.8. The number of hydrogen-bond acceptors (Lipinski definition) is 2. The highest BCUT2D eigenvalue weighted by Gasteiger charge is 2.18. The molecule has 4 nitrogen and oxygen atoms in total. The molecule has 0 saturated carbocycles. The molecule has 2 rings (SSSR count). The summed E-state index contributed by atoms with van der Waals surface area (Å²) in [4.78, 5) is 10.8. The van der Waals surface area contributed by atoms with E-state index in [-0.39, 0.29) is 11.5 Å². The summed E-state index contributed by atoms with van der Waals surface area (Å²) in [7, 11) is 1.46. The van der Waals surface area contributed by atoms with Crippen LogP contribution >= 0.6 is 0 Å². The number of nitrogens with one attached hydrogen (secondary N) is 1. The molecule has 100 valence electrons. The number of hydroxylamine groups is 2. The molecule has 0 heterocycles.